The Morgan fingerprint density at radius 3 is 2.76 bits per heavy atom. The molecule has 2 aromatic carbocycles. The first kappa shape index (κ1) is 20.7. The number of hydrogen-bond donors (Lipinski definition) is 1. The lowest BCUT2D eigenvalue weighted by atomic mass is 10.0. The molecule has 1 N–H and O–H groups in total. The van der Waals surface area contributed by atoms with Crippen LogP contribution in [-0.4, -0.2) is 18.7 Å². The van der Waals surface area contributed by atoms with E-state index in [1.807, 2.05) is 43.3 Å². The average Bonchev–Trinajstić information content (AvgIpc) is 3.15. The van der Waals surface area contributed by atoms with E-state index < -0.39 is 0 Å². The van der Waals surface area contributed by atoms with Crippen molar-refractivity contribution < 1.29 is 13.9 Å². The number of nitrogens with zero attached hydrogens (tertiary/aromatic N) is 1. The zero-order valence-corrected chi connectivity index (χ0v) is 17.4. The smallest absolute Gasteiger partial charge is 0.277 e. The van der Waals surface area contributed by atoms with Crippen molar-refractivity contribution in [2.75, 3.05) is 6.61 Å². The molecule has 29 heavy (non-hydrogen) atoms. The number of aryl methyl sites for hydroxylation is 1. The zero-order valence-electron chi connectivity index (χ0n) is 16.6. The van der Waals surface area contributed by atoms with Gasteiger partial charge < -0.3 is 9.15 Å². The fraction of sp³-hybridized carbons (Fsp3) is 0.217. The lowest BCUT2D eigenvalue weighted by Crippen LogP contribution is -2.24. The van der Waals surface area contributed by atoms with E-state index in [9.17, 15) is 4.79 Å². The molecule has 5 nitrogen and oxygen atoms in total. The van der Waals surface area contributed by atoms with Crippen LogP contribution in [0.2, 0.25) is 5.02 Å². The number of hydrogen-bond acceptors (Lipinski definition) is 4. The highest BCUT2D eigenvalue weighted by atomic mass is 35.5. The molecule has 0 atom stereocenters. The van der Waals surface area contributed by atoms with Crippen molar-refractivity contribution in [1.29, 1.82) is 0 Å². The van der Waals surface area contributed by atoms with Gasteiger partial charge in [-0.15, -0.1) is 0 Å². The van der Waals surface area contributed by atoms with Gasteiger partial charge in [0.05, 0.1) is 11.2 Å². The number of nitrogens with one attached hydrogen (secondary N) is 1. The Kier molecular flexibility index (Phi) is 6.73. The molecule has 0 bridgehead atoms. The summed E-state index contributed by atoms with van der Waals surface area (Å²) in [7, 11) is 0. The zero-order chi connectivity index (χ0) is 20.8. The highest BCUT2D eigenvalue weighted by molar-refractivity contribution is 6.33. The summed E-state index contributed by atoms with van der Waals surface area (Å²) < 4.78 is 11.4. The highest BCUT2D eigenvalue weighted by Gasteiger charge is 2.10. The largest absolute Gasteiger partial charge is 0.483 e. The summed E-state index contributed by atoms with van der Waals surface area (Å²) in [5.41, 5.74) is 5.38. The van der Waals surface area contributed by atoms with E-state index in [0.29, 0.717) is 22.5 Å². The van der Waals surface area contributed by atoms with E-state index in [1.54, 1.807) is 18.2 Å². The molecule has 0 aliphatic carbocycles. The number of carbonyl (C=O) groups excluding carboxylic acids is 1. The third-order valence-corrected chi connectivity index (χ3v) is 4.63. The van der Waals surface area contributed by atoms with Crippen molar-refractivity contribution in [3.8, 4) is 17.1 Å². The standard InChI is InChI=1S/C23H23ClN2O3/c1-15(2)18-10-8-16(3)12-22(18)28-14-23(27)26-25-13-17-9-11-21(29-17)19-6-4-5-7-20(19)24/h4-13,15H,14H2,1-3H3,(H,26,27)/b25-13-. The van der Waals surface area contributed by atoms with Gasteiger partial charge in [0, 0.05) is 5.56 Å². The molecule has 1 heterocycles. The average molecular weight is 411 g/mol. The maximum absolute atomic E-state index is 12.0. The number of hydrazone groups is 1. The van der Waals surface area contributed by atoms with Crippen LogP contribution in [0.5, 0.6) is 5.75 Å². The number of amides is 1. The first-order valence-electron chi connectivity index (χ1n) is 9.34. The second kappa shape index (κ2) is 9.43. The number of benzene rings is 2. The van der Waals surface area contributed by atoms with Gasteiger partial charge in [-0.05, 0) is 54.3 Å². The van der Waals surface area contributed by atoms with E-state index >= 15 is 0 Å². The third kappa shape index (κ3) is 5.48. The Labute approximate surface area is 175 Å². The second-order valence-corrected chi connectivity index (χ2v) is 7.37. The summed E-state index contributed by atoms with van der Waals surface area (Å²) in [4.78, 5) is 12.0. The first-order valence-corrected chi connectivity index (χ1v) is 9.72. The number of halogens is 1. The van der Waals surface area contributed by atoms with Crippen molar-refractivity contribution in [3.63, 3.8) is 0 Å². The summed E-state index contributed by atoms with van der Waals surface area (Å²) in [5, 5.41) is 4.53. The summed E-state index contributed by atoms with van der Waals surface area (Å²) in [6.07, 6.45) is 1.43. The number of furan rings is 1. The molecule has 1 aromatic heterocycles. The van der Waals surface area contributed by atoms with E-state index in [2.05, 4.69) is 24.4 Å². The van der Waals surface area contributed by atoms with Gasteiger partial charge in [0.1, 0.15) is 17.3 Å². The Bertz CT molecular complexity index is 1020. The Hall–Kier alpha value is -3.05. The van der Waals surface area contributed by atoms with E-state index in [1.165, 1.54) is 6.21 Å². The predicted octanol–water partition coefficient (Wildman–Crippen LogP) is 5.56. The first-order chi connectivity index (χ1) is 13.9. The molecule has 3 rings (SSSR count). The van der Waals surface area contributed by atoms with Crippen molar-refractivity contribution in [2.45, 2.75) is 26.7 Å². The van der Waals surface area contributed by atoms with Crippen molar-refractivity contribution in [2.24, 2.45) is 5.10 Å². The number of rotatable bonds is 7. The van der Waals surface area contributed by atoms with Gasteiger partial charge in [-0.3, -0.25) is 4.79 Å². The molecular weight excluding hydrogens is 388 g/mol. The molecular formula is C23H23ClN2O3. The summed E-state index contributed by atoms with van der Waals surface area (Å²) in [5.74, 6) is 1.80. The highest BCUT2D eigenvalue weighted by Crippen LogP contribution is 2.29. The quantitative estimate of drug-likeness (QED) is 0.409. The fourth-order valence-electron chi connectivity index (χ4n) is 2.82. The lowest BCUT2D eigenvalue weighted by Gasteiger charge is -2.14. The Balaban J connectivity index is 1.56. The minimum Gasteiger partial charge on any atom is -0.483 e. The molecule has 0 unspecified atom stereocenters. The van der Waals surface area contributed by atoms with Gasteiger partial charge in [-0.1, -0.05) is 49.7 Å². The second-order valence-electron chi connectivity index (χ2n) is 6.96. The third-order valence-electron chi connectivity index (χ3n) is 4.30. The van der Waals surface area contributed by atoms with E-state index in [0.717, 1.165) is 22.4 Å². The fourth-order valence-corrected chi connectivity index (χ4v) is 3.04. The molecule has 0 radical (unpaired) electrons. The normalized spacial score (nSPS) is 11.2. The Morgan fingerprint density at radius 2 is 2.00 bits per heavy atom. The van der Waals surface area contributed by atoms with E-state index in [-0.39, 0.29) is 12.5 Å². The SMILES string of the molecule is Cc1ccc(C(C)C)c(OCC(=O)N/N=C\c2ccc(-c3ccccc3Cl)o2)c1. The lowest BCUT2D eigenvalue weighted by molar-refractivity contribution is -0.123. The van der Waals surface area contributed by atoms with Gasteiger partial charge in [0.2, 0.25) is 0 Å². The van der Waals surface area contributed by atoms with E-state index in [4.69, 9.17) is 20.8 Å². The molecule has 6 heteroatoms. The molecule has 0 saturated heterocycles. The minimum absolute atomic E-state index is 0.121. The van der Waals surface area contributed by atoms with Crippen molar-refractivity contribution in [1.82, 2.24) is 5.43 Å². The van der Waals surface area contributed by atoms with Crippen LogP contribution in [0.4, 0.5) is 0 Å². The molecule has 0 saturated carbocycles. The Morgan fingerprint density at radius 1 is 1.21 bits per heavy atom. The minimum atomic E-state index is -0.352. The van der Waals surface area contributed by atoms with Crippen LogP contribution in [-0.2, 0) is 4.79 Å². The maximum Gasteiger partial charge on any atom is 0.277 e. The molecule has 0 aliphatic rings. The molecule has 150 valence electrons. The molecule has 0 aliphatic heterocycles. The maximum atomic E-state index is 12.0. The van der Waals surface area contributed by atoms with Crippen LogP contribution in [0, 0.1) is 6.92 Å². The van der Waals surface area contributed by atoms with Crippen LogP contribution in [0.25, 0.3) is 11.3 Å². The molecule has 1 amide bonds. The van der Waals surface area contributed by atoms with Gasteiger partial charge in [-0.2, -0.15) is 5.10 Å². The topological polar surface area (TPSA) is 63.8 Å². The van der Waals surface area contributed by atoms with Crippen molar-refractivity contribution in [3.05, 3.63) is 76.5 Å². The number of ether oxygens (including phenoxy) is 1. The summed E-state index contributed by atoms with van der Waals surface area (Å²) in [6, 6.07) is 17.0. The van der Waals surface area contributed by atoms with Gasteiger partial charge in [0.25, 0.3) is 5.91 Å². The number of carbonyl (C=O) groups is 1. The van der Waals surface area contributed by atoms with Crippen LogP contribution in [0.15, 0.2) is 64.1 Å². The van der Waals surface area contributed by atoms with Crippen LogP contribution in [0.1, 0.15) is 36.7 Å². The van der Waals surface area contributed by atoms with Gasteiger partial charge >= 0.3 is 0 Å². The van der Waals surface area contributed by atoms with Crippen LogP contribution >= 0.6 is 11.6 Å². The summed E-state index contributed by atoms with van der Waals surface area (Å²) in [6.45, 7) is 6.04. The van der Waals surface area contributed by atoms with Crippen molar-refractivity contribution >= 4 is 23.7 Å². The predicted molar refractivity (Wildman–Crippen MR) is 116 cm³/mol. The monoisotopic (exact) mass is 410 g/mol. The molecule has 0 fully saturated rings. The molecule has 0 spiro atoms. The van der Waals surface area contributed by atoms with Crippen LogP contribution < -0.4 is 10.2 Å². The summed E-state index contributed by atoms with van der Waals surface area (Å²) >= 11 is 6.17. The van der Waals surface area contributed by atoms with Crippen LogP contribution in [0.3, 0.4) is 0 Å². The molecule has 3 aromatic rings. The van der Waals surface area contributed by atoms with Gasteiger partial charge in [0.15, 0.2) is 6.61 Å². The van der Waals surface area contributed by atoms with Gasteiger partial charge in [-0.25, -0.2) is 5.43 Å².